The van der Waals surface area contributed by atoms with Gasteiger partial charge in [0.25, 0.3) is 5.91 Å². The van der Waals surface area contributed by atoms with Crippen LogP contribution in [-0.2, 0) is 4.79 Å². The van der Waals surface area contributed by atoms with Gasteiger partial charge in [0.1, 0.15) is 17.1 Å². The van der Waals surface area contributed by atoms with E-state index in [0.717, 1.165) is 6.07 Å². The molecule has 1 atom stereocenters. The first kappa shape index (κ1) is 21.7. The number of para-hydroxylation sites is 1. The Hall–Kier alpha value is -4.10. The van der Waals surface area contributed by atoms with Crippen molar-refractivity contribution in [2.75, 3.05) is 12.0 Å². The average molecular weight is 478 g/mol. The molecule has 34 heavy (non-hydrogen) atoms. The molecular weight excluding hydrogens is 461 g/mol. The second-order valence-corrected chi connectivity index (χ2v) is 8.12. The van der Waals surface area contributed by atoms with Gasteiger partial charge in [-0.05, 0) is 48.5 Å². The third-order valence-corrected chi connectivity index (χ3v) is 5.91. The van der Waals surface area contributed by atoms with Crippen LogP contribution in [-0.4, -0.2) is 23.9 Å². The smallest absolute Gasteiger partial charge is 0.294 e. The number of fused-ring (bicyclic) bond motifs is 1. The Morgan fingerprint density at radius 2 is 1.88 bits per heavy atom. The highest BCUT2D eigenvalue weighted by Crippen LogP contribution is 2.45. The van der Waals surface area contributed by atoms with Gasteiger partial charge in [0.05, 0.1) is 18.7 Å². The van der Waals surface area contributed by atoms with E-state index in [1.165, 1.54) is 36.3 Å². The number of ether oxygens (including phenoxy) is 1. The van der Waals surface area contributed by atoms with Gasteiger partial charge in [-0.1, -0.05) is 35.9 Å². The maximum absolute atomic E-state index is 14.1. The molecule has 0 bridgehead atoms. The molecule has 1 unspecified atom stereocenters. The molecule has 6 nitrogen and oxygen atoms in total. The molecule has 1 amide bonds. The molecule has 1 aliphatic heterocycles. The fourth-order valence-corrected chi connectivity index (χ4v) is 4.36. The van der Waals surface area contributed by atoms with Crippen molar-refractivity contribution in [2.45, 2.75) is 6.04 Å². The molecule has 2 heterocycles. The Morgan fingerprint density at radius 1 is 1.09 bits per heavy atom. The summed E-state index contributed by atoms with van der Waals surface area (Å²) in [5, 5.41) is 11.9. The summed E-state index contributed by atoms with van der Waals surface area (Å²) in [5.74, 6) is -2.54. The predicted molar refractivity (Wildman–Crippen MR) is 125 cm³/mol. The summed E-state index contributed by atoms with van der Waals surface area (Å²) in [7, 11) is 1.45. The van der Waals surface area contributed by atoms with Crippen molar-refractivity contribution in [1.29, 1.82) is 0 Å². The number of hydrogen-bond donors (Lipinski definition) is 1. The number of furan rings is 1. The van der Waals surface area contributed by atoms with Crippen molar-refractivity contribution in [3.63, 3.8) is 0 Å². The zero-order valence-corrected chi connectivity index (χ0v) is 18.5. The van der Waals surface area contributed by atoms with Crippen molar-refractivity contribution in [1.82, 2.24) is 0 Å². The summed E-state index contributed by atoms with van der Waals surface area (Å²) in [6.07, 6.45) is 0. The molecule has 1 aliphatic rings. The fraction of sp³-hybridized carbons (Fsp3) is 0.0769. The summed E-state index contributed by atoms with van der Waals surface area (Å²) < 4.78 is 25.2. The lowest BCUT2D eigenvalue weighted by atomic mass is 9.94. The number of methoxy groups -OCH3 is 1. The number of carbonyl (C=O) groups is 2. The van der Waals surface area contributed by atoms with E-state index in [9.17, 15) is 19.1 Å². The SMILES string of the molecule is COc1ccccc1C1C(C(=O)c2cc3cc(Cl)ccc3o2)=C(O)C(=O)N1c1cccc(F)c1. The monoisotopic (exact) mass is 477 g/mol. The van der Waals surface area contributed by atoms with Gasteiger partial charge in [0, 0.05) is 21.7 Å². The van der Waals surface area contributed by atoms with Gasteiger partial charge >= 0.3 is 0 Å². The number of ketones is 1. The Labute approximate surface area is 198 Å². The Morgan fingerprint density at radius 3 is 2.65 bits per heavy atom. The van der Waals surface area contributed by atoms with Crippen LogP contribution < -0.4 is 9.64 Å². The summed E-state index contributed by atoms with van der Waals surface area (Å²) in [4.78, 5) is 28.0. The van der Waals surface area contributed by atoms with Crippen LogP contribution in [0, 0.1) is 5.82 Å². The minimum atomic E-state index is -1.09. The molecule has 3 aromatic carbocycles. The number of anilines is 1. The van der Waals surface area contributed by atoms with Crippen molar-refractivity contribution in [3.8, 4) is 5.75 Å². The van der Waals surface area contributed by atoms with Crippen molar-refractivity contribution < 1.29 is 28.2 Å². The molecule has 0 radical (unpaired) electrons. The number of rotatable bonds is 5. The zero-order chi connectivity index (χ0) is 24.0. The number of nitrogens with zero attached hydrogens (tertiary/aromatic N) is 1. The number of halogens is 2. The van der Waals surface area contributed by atoms with Crippen molar-refractivity contribution >= 4 is 39.9 Å². The molecule has 170 valence electrons. The number of Topliss-reactive ketones (excluding diaryl/α,β-unsaturated/α-hetero) is 1. The quantitative estimate of drug-likeness (QED) is 0.356. The first-order chi connectivity index (χ1) is 16.4. The molecular formula is C26H17ClFNO5. The van der Waals surface area contributed by atoms with Gasteiger partial charge in [0.2, 0.25) is 5.78 Å². The first-order valence-electron chi connectivity index (χ1n) is 10.3. The number of aliphatic hydroxyl groups excluding tert-OH is 1. The number of carbonyl (C=O) groups excluding carboxylic acids is 2. The van der Waals surface area contributed by atoms with Gasteiger partial charge in [-0.2, -0.15) is 0 Å². The standard InChI is InChI=1S/C26H17ClFNO5/c1-33-20-8-3-2-7-18(20)23-22(24(30)21-12-14-11-15(27)9-10-19(14)34-21)25(31)26(32)29(23)17-6-4-5-16(28)13-17/h2-13,23,31H,1H3. The van der Waals surface area contributed by atoms with Gasteiger partial charge in [-0.15, -0.1) is 0 Å². The van der Waals surface area contributed by atoms with E-state index in [1.54, 1.807) is 42.5 Å². The van der Waals surface area contributed by atoms with Crippen LogP contribution in [0.4, 0.5) is 10.1 Å². The lowest BCUT2D eigenvalue weighted by Gasteiger charge is -2.27. The van der Waals surface area contributed by atoms with Crippen molar-refractivity contribution in [2.24, 2.45) is 0 Å². The second-order valence-electron chi connectivity index (χ2n) is 7.68. The predicted octanol–water partition coefficient (Wildman–Crippen LogP) is 6.02. The van der Waals surface area contributed by atoms with E-state index in [0.29, 0.717) is 27.3 Å². The maximum atomic E-state index is 14.1. The van der Waals surface area contributed by atoms with Crippen LogP contribution >= 0.6 is 11.6 Å². The highest BCUT2D eigenvalue weighted by molar-refractivity contribution is 6.31. The molecule has 0 spiro atoms. The summed E-state index contributed by atoms with van der Waals surface area (Å²) in [6.45, 7) is 0. The van der Waals surface area contributed by atoms with Gasteiger partial charge in [-0.25, -0.2) is 4.39 Å². The molecule has 8 heteroatoms. The van der Waals surface area contributed by atoms with E-state index in [2.05, 4.69) is 0 Å². The molecule has 4 aromatic rings. The highest BCUT2D eigenvalue weighted by atomic mass is 35.5. The van der Waals surface area contributed by atoms with Crippen LogP contribution in [0.25, 0.3) is 11.0 Å². The van der Waals surface area contributed by atoms with E-state index >= 15 is 0 Å². The van der Waals surface area contributed by atoms with E-state index in [1.807, 2.05) is 0 Å². The molecule has 1 aromatic heterocycles. The minimum absolute atomic E-state index is 0.0763. The van der Waals surface area contributed by atoms with Crippen LogP contribution in [0.3, 0.4) is 0 Å². The Balaban J connectivity index is 1.70. The van der Waals surface area contributed by atoms with Crippen LogP contribution in [0.2, 0.25) is 5.02 Å². The summed E-state index contributed by atoms with van der Waals surface area (Å²) >= 11 is 6.04. The lowest BCUT2D eigenvalue weighted by Crippen LogP contribution is -2.31. The van der Waals surface area contributed by atoms with Crippen LogP contribution in [0.15, 0.2) is 88.5 Å². The summed E-state index contributed by atoms with van der Waals surface area (Å²) in [6, 6.07) is 17.5. The third-order valence-electron chi connectivity index (χ3n) is 5.67. The topological polar surface area (TPSA) is 80.0 Å². The largest absolute Gasteiger partial charge is 0.503 e. The molecule has 0 aliphatic carbocycles. The van der Waals surface area contributed by atoms with Gasteiger partial charge < -0.3 is 14.3 Å². The normalized spacial score (nSPS) is 15.9. The van der Waals surface area contributed by atoms with Gasteiger partial charge in [-0.3, -0.25) is 14.5 Å². The first-order valence-corrected chi connectivity index (χ1v) is 10.7. The molecule has 0 saturated heterocycles. The van der Waals surface area contributed by atoms with Crippen LogP contribution in [0.5, 0.6) is 5.75 Å². The molecule has 0 fully saturated rings. The Kier molecular flexibility index (Phi) is 5.34. The molecule has 5 rings (SSSR count). The summed E-state index contributed by atoms with van der Waals surface area (Å²) in [5.41, 5.74) is 0.831. The van der Waals surface area contributed by atoms with E-state index in [4.69, 9.17) is 20.8 Å². The third kappa shape index (κ3) is 3.50. The zero-order valence-electron chi connectivity index (χ0n) is 17.8. The van der Waals surface area contributed by atoms with Gasteiger partial charge in [0.15, 0.2) is 11.5 Å². The number of amides is 1. The van der Waals surface area contributed by atoms with E-state index < -0.39 is 29.3 Å². The van der Waals surface area contributed by atoms with E-state index in [-0.39, 0.29) is 17.0 Å². The number of hydrogen-bond acceptors (Lipinski definition) is 5. The highest BCUT2D eigenvalue weighted by Gasteiger charge is 2.46. The number of benzene rings is 3. The molecule has 1 N–H and O–H groups in total. The minimum Gasteiger partial charge on any atom is -0.503 e. The second kappa shape index (κ2) is 8.35. The van der Waals surface area contributed by atoms with Crippen LogP contribution in [0.1, 0.15) is 22.2 Å². The Bertz CT molecular complexity index is 1490. The molecule has 0 saturated carbocycles. The maximum Gasteiger partial charge on any atom is 0.294 e. The van der Waals surface area contributed by atoms with Crippen molar-refractivity contribution in [3.05, 3.63) is 106 Å². The fourth-order valence-electron chi connectivity index (χ4n) is 4.17. The number of aliphatic hydroxyl groups is 1. The average Bonchev–Trinajstić information content (AvgIpc) is 3.37. The lowest BCUT2D eigenvalue weighted by molar-refractivity contribution is -0.117.